The van der Waals surface area contributed by atoms with Gasteiger partial charge < -0.3 is 10.1 Å². The van der Waals surface area contributed by atoms with Crippen molar-refractivity contribution in [3.63, 3.8) is 0 Å². The fourth-order valence-corrected chi connectivity index (χ4v) is 3.70. The number of aryl methyl sites for hydroxylation is 1. The number of benzene rings is 1. The monoisotopic (exact) mass is 414 g/mol. The van der Waals surface area contributed by atoms with Crippen molar-refractivity contribution in [2.24, 2.45) is 0 Å². The number of hydrogen-bond acceptors (Lipinski definition) is 5. The van der Waals surface area contributed by atoms with Crippen molar-refractivity contribution >= 4 is 17.6 Å². The lowest BCUT2D eigenvalue weighted by molar-refractivity contribution is -0.117. The number of pyridine rings is 1. The first-order chi connectivity index (χ1) is 15.0. The molecule has 1 saturated carbocycles. The minimum absolute atomic E-state index is 0.0446. The first-order valence-corrected chi connectivity index (χ1v) is 10.2. The Morgan fingerprint density at radius 3 is 2.81 bits per heavy atom. The Hall–Kier alpha value is -3.92. The van der Waals surface area contributed by atoms with E-state index in [1.807, 2.05) is 31.2 Å². The third-order valence-electron chi connectivity index (χ3n) is 5.28. The van der Waals surface area contributed by atoms with E-state index in [1.165, 1.54) is 10.5 Å². The molecule has 0 radical (unpaired) electrons. The Kier molecular flexibility index (Phi) is 5.80. The number of fused-ring (bicyclic) bond motifs is 1. The molecule has 0 spiro atoms. The first kappa shape index (κ1) is 20.4. The highest BCUT2D eigenvalue weighted by atomic mass is 16.5. The number of rotatable bonds is 5. The predicted octanol–water partition coefficient (Wildman–Crippen LogP) is 3.76. The van der Waals surface area contributed by atoms with Crippen LogP contribution in [0.15, 0.2) is 59.0 Å². The SMILES string of the molecule is Cc1cccc(Oc2nc3ccccn3c(=O)c2/C=C(/C#N)C(=O)NC2CCCC2)c1. The molecule has 1 aromatic carbocycles. The van der Waals surface area contributed by atoms with Crippen LogP contribution in [0.3, 0.4) is 0 Å². The molecule has 0 aliphatic heterocycles. The zero-order chi connectivity index (χ0) is 21.8. The Morgan fingerprint density at radius 1 is 1.26 bits per heavy atom. The van der Waals surface area contributed by atoms with E-state index in [0.29, 0.717) is 11.4 Å². The molecule has 1 amide bonds. The quantitative estimate of drug-likeness (QED) is 0.506. The van der Waals surface area contributed by atoms with Crippen LogP contribution in [0.4, 0.5) is 0 Å². The highest BCUT2D eigenvalue weighted by Gasteiger charge is 2.21. The van der Waals surface area contributed by atoms with Crippen LogP contribution in [0.25, 0.3) is 11.7 Å². The molecule has 7 nitrogen and oxygen atoms in total. The van der Waals surface area contributed by atoms with Crippen LogP contribution < -0.4 is 15.6 Å². The summed E-state index contributed by atoms with van der Waals surface area (Å²) in [4.78, 5) is 30.3. The van der Waals surface area contributed by atoms with E-state index in [0.717, 1.165) is 31.2 Å². The number of nitrogens with one attached hydrogen (secondary N) is 1. The molecule has 7 heteroatoms. The summed E-state index contributed by atoms with van der Waals surface area (Å²) in [5, 5.41) is 12.5. The molecule has 0 saturated heterocycles. The molecule has 2 aromatic heterocycles. The Labute approximate surface area is 179 Å². The van der Waals surface area contributed by atoms with Gasteiger partial charge in [0.25, 0.3) is 11.5 Å². The molecule has 1 fully saturated rings. The summed E-state index contributed by atoms with van der Waals surface area (Å²) in [6.07, 6.45) is 6.76. The van der Waals surface area contributed by atoms with E-state index in [1.54, 1.807) is 30.5 Å². The van der Waals surface area contributed by atoms with Gasteiger partial charge in [-0.1, -0.05) is 31.0 Å². The van der Waals surface area contributed by atoms with E-state index < -0.39 is 11.5 Å². The summed E-state index contributed by atoms with van der Waals surface area (Å²) in [5.41, 5.74) is 0.857. The number of amides is 1. The minimum Gasteiger partial charge on any atom is -0.438 e. The number of nitriles is 1. The summed E-state index contributed by atoms with van der Waals surface area (Å²) >= 11 is 0. The summed E-state index contributed by atoms with van der Waals surface area (Å²) < 4.78 is 7.29. The predicted molar refractivity (Wildman–Crippen MR) is 117 cm³/mol. The molecule has 2 heterocycles. The van der Waals surface area contributed by atoms with Crippen molar-refractivity contribution in [3.8, 4) is 17.7 Å². The van der Waals surface area contributed by atoms with Gasteiger partial charge in [-0.25, -0.2) is 0 Å². The van der Waals surface area contributed by atoms with Crippen LogP contribution in [0, 0.1) is 18.3 Å². The zero-order valence-electron chi connectivity index (χ0n) is 17.2. The smallest absolute Gasteiger partial charge is 0.269 e. The fourth-order valence-electron chi connectivity index (χ4n) is 3.70. The summed E-state index contributed by atoms with van der Waals surface area (Å²) in [7, 11) is 0. The standard InChI is InChI=1S/C24H22N4O3/c1-16-7-6-10-19(13-16)31-23-20(24(30)28-12-5-4-11-21(28)27-23)14-17(15-25)22(29)26-18-8-2-3-9-18/h4-7,10-14,18H,2-3,8-9H2,1H3,(H,26,29)/b17-14-. The molecule has 0 bridgehead atoms. The Morgan fingerprint density at radius 2 is 2.06 bits per heavy atom. The molecule has 31 heavy (non-hydrogen) atoms. The van der Waals surface area contributed by atoms with E-state index in [-0.39, 0.29) is 23.1 Å². The molecule has 4 rings (SSSR count). The lowest BCUT2D eigenvalue weighted by atomic mass is 10.1. The lowest BCUT2D eigenvalue weighted by Gasteiger charge is -2.12. The highest BCUT2D eigenvalue weighted by Crippen LogP contribution is 2.25. The van der Waals surface area contributed by atoms with Gasteiger partial charge in [0.1, 0.15) is 28.6 Å². The van der Waals surface area contributed by atoms with Crippen LogP contribution in [0.5, 0.6) is 11.6 Å². The second-order valence-electron chi connectivity index (χ2n) is 7.61. The average Bonchev–Trinajstić information content (AvgIpc) is 3.27. The van der Waals surface area contributed by atoms with Crippen molar-refractivity contribution in [2.45, 2.75) is 38.6 Å². The van der Waals surface area contributed by atoms with Crippen LogP contribution in [0.2, 0.25) is 0 Å². The number of carbonyl (C=O) groups excluding carboxylic acids is 1. The molecular formula is C24H22N4O3. The van der Waals surface area contributed by atoms with Gasteiger partial charge in [0.15, 0.2) is 0 Å². The Bertz CT molecular complexity index is 1260. The van der Waals surface area contributed by atoms with Gasteiger partial charge in [0.2, 0.25) is 5.88 Å². The molecule has 0 atom stereocenters. The largest absolute Gasteiger partial charge is 0.438 e. The maximum absolute atomic E-state index is 13.2. The third kappa shape index (κ3) is 4.48. The van der Waals surface area contributed by atoms with Gasteiger partial charge in [-0.15, -0.1) is 0 Å². The van der Waals surface area contributed by atoms with Crippen LogP contribution in [-0.4, -0.2) is 21.3 Å². The van der Waals surface area contributed by atoms with E-state index in [9.17, 15) is 14.9 Å². The lowest BCUT2D eigenvalue weighted by Crippen LogP contribution is -2.33. The number of nitrogens with zero attached hydrogens (tertiary/aromatic N) is 3. The van der Waals surface area contributed by atoms with Gasteiger partial charge in [-0.2, -0.15) is 10.2 Å². The normalized spacial score (nSPS) is 14.4. The van der Waals surface area contributed by atoms with Crippen molar-refractivity contribution < 1.29 is 9.53 Å². The van der Waals surface area contributed by atoms with Crippen molar-refractivity contribution in [1.82, 2.24) is 14.7 Å². The summed E-state index contributed by atoms with van der Waals surface area (Å²) in [6.45, 7) is 1.93. The van der Waals surface area contributed by atoms with Crippen LogP contribution in [-0.2, 0) is 4.79 Å². The fraction of sp³-hybridized carbons (Fsp3) is 0.250. The molecule has 156 valence electrons. The van der Waals surface area contributed by atoms with E-state index in [2.05, 4.69) is 10.3 Å². The Balaban J connectivity index is 1.79. The van der Waals surface area contributed by atoms with Crippen LogP contribution in [0.1, 0.15) is 36.8 Å². The molecule has 1 N–H and O–H groups in total. The summed E-state index contributed by atoms with van der Waals surface area (Å²) in [6, 6.07) is 14.5. The molecule has 3 aromatic rings. The zero-order valence-corrected chi connectivity index (χ0v) is 17.2. The molecular weight excluding hydrogens is 392 g/mol. The number of hydrogen-bond donors (Lipinski definition) is 1. The van der Waals surface area contributed by atoms with Gasteiger partial charge in [0, 0.05) is 12.2 Å². The number of aromatic nitrogens is 2. The summed E-state index contributed by atoms with van der Waals surface area (Å²) in [5.74, 6) is 0.0624. The second-order valence-corrected chi connectivity index (χ2v) is 7.61. The average molecular weight is 414 g/mol. The van der Waals surface area contributed by atoms with Gasteiger partial charge in [0.05, 0.1) is 0 Å². The van der Waals surface area contributed by atoms with Crippen molar-refractivity contribution in [1.29, 1.82) is 5.26 Å². The number of carbonyl (C=O) groups is 1. The molecule has 0 unspecified atom stereocenters. The second kappa shape index (κ2) is 8.84. The first-order valence-electron chi connectivity index (χ1n) is 10.2. The topological polar surface area (TPSA) is 96.5 Å². The third-order valence-corrected chi connectivity index (χ3v) is 5.28. The van der Waals surface area contributed by atoms with Gasteiger partial charge >= 0.3 is 0 Å². The van der Waals surface area contributed by atoms with Gasteiger partial charge in [-0.05, 0) is 55.7 Å². The minimum atomic E-state index is -0.492. The van der Waals surface area contributed by atoms with Crippen molar-refractivity contribution in [2.75, 3.05) is 0 Å². The van der Waals surface area contributed by atoms with Crippen LogP contribution >= 0.6 is 0 Å². The van der Waals surface area contributed by atoms with Gasteiger partial charge in [-0.3, -0.25) is 14.0 Å². The number of ether oxygens (including phenoxy) is 1. The maximum atomic E-state index is 13.2. The van der Waals surface area contributed by atoms with Crippen molar-refractivity contribution in [3.05, 3.63) is 75.7 Å². The molecule has 1 aliphatic rings. The van der Waals surface area contributed by atoms with E-state index in [4.69, 9.17) is 4.74 Å². The van der Waals surface area contributed by atoms with E-state index >= 15 is 0 Å². The molecule has 1 aliphatic carbocycles. The highest BCUT2D eigenvalue weighted by molar-refractivity contribution is 6.02. The maximum Gasteiger partial charge on any atom is 0.269 e.